The highest BCUT2D eigenvalue weighted by Gasteiger charge is 2.24. The van der Waals surface area contributed by atoms with Gasteiger partial charge in [0, 0.05) is 6.42 Å². The van der Waals surface area contributed by atoms with Crippen LogP contribution in [0, 0.1) is 0 Å². The van der Waals surface area contributed by atoms with Crippen LogP contribution in [-0.2, 0) is 14.3 Å². The number of rotatable bonds is 47. The Morgan fingerprint density at radius 2 is 0.823 bits per heavy atom. The summed E-state index contributed by atoms with van der Waals surface area (Å²) in [5.74, 6) is -0.546. The zero-order chi connectivity index (χ0) is 45.2. The van der Waals surface area contributed by atoms with Crippen LogP contribution in [0.2, 0.25) is 0 Å². The van der Waals surface area contributed by atoms with Crippen LogP contribution in [0.4, 0.5) is 0 Å². The van der Waals surface area contributed by atoms with Crippen LogP contribution in [0.5, 0.6) is 0 Å². The molecule has 1 amide bonds. The first kappa shape index (κ1) is 59.6. The van der Waals surface area contributed by atoms with Crippen molar-refractivity contribution in [2.24, 2.45) is 0 Å². The molecule has 0 aromatic carbocycles. The molecular weight excluding hydrogens is 767 g/mol. The van der Waals surface area contributed by atoms with E-state index in [4.69, 9.17) is 4.74 Å². The van der Waals surface area contributed by atoms with Gasteiger partial charge < -0.3 is 20.3 Å². The van der Waals surface area contributed by atoms with Gasteiger partial charge in [-0.05, 0) is 89.9 Å². The molecule has 360 valence electrons. The zero-order valence-corrected chi connectivity index (χ0v) is 41.0. The fourth-order valence-electron chi connectivity index (χ4n) is 7.77. The van der Waals surface area contributed by atoms with Gasteiger partial charge in [-0.2, -0.15) is 0 Å². The number of hydrogen-bond donors (Lipinski definition) is 3. The Hall–Kier alpha value is -2.44. The molecule has 0 aliphatic heterocycles. The second kappa shape index (κ2) is 49.6. The number of amides is 1. The summed E-state index contributed by atoms with van der Waals surface area (Å²) in [6.07, 6.45) is 61.4. The summed E-state index contributed by atoms with van der Waals surface area (Å²) in [6.45, 7) is 6.43. The van der Waals surface area contributed by atoms with Crippen molar-refractivity contribution in [3.8, 4) is 0 Å². The van der Waals surface area contributed by atoms with Gasteiger partial charge in [0.15, 0.2) is 0 Å². The maximum Gasteiger partial charge on any atom is 0.306 e. The Bertz CT molecular complexity index is 1110. The second-order valence-corrected chi connectivity index (χ2v) is 17.9. The molecular formula is C56H101NO5. The highest BCUT2D eigenvalue weighted by atomic mass is 16.5. The number of unbranched alkanes of at least 4 members (excludes halogenated alkanes) is 25. The van der Waals surface area contributed by atoms with E-state index in [1.54, 1.807) is 0 Å². The average Bonchev–Trinajstić information content (AvgIpc) is 3.26. The van der Waals surface area contributed by atoms with Gasteiger partial charge in [-0.3, -0.25) is 9.59 Å². The van der Waals surface area contributed by atoms with Gasteiger partial charge in [0.05, 0.1) is 25.2 Å². The number of ether oxygens (including phenoxy) is 1. The minimum absolute atomic E-state index is 0.0495. The molecule has 0 radical (unpaired) electrons. The molecule has 6 heteroatoms. The standard InChI is InChI=1S/C56H101NO5/c1-4-7-10-13-16-19-22-25-26-27-28-31-34-37-40-43-46-49-56(61)62-52(47-44-41-38-35-32-29-23-20-17-14-11-8-5-2)50-55(60)57-53(51-58)54(59)48-45-42-39-36-33-30-24-21-18-15-12-9-6-3/h16,19-20,23,25-26,28,31,37,40,52-54,58-59H,4-15,17-18,21-22,24,27,29-30,32-36,38-39,41-51H2,1-3H3,(H,57,60)/b19-16-,23-20-,26-25-,31-28-,40-37-. The van der Waals surface area contributed by atoms with Crippen LogP contribution in [-0.4, -0.2) is 46.9 Å². The normalized spacial score (nSPS) is 13.7. The highest BCUT2D eigenvalue weighted by Crippen LogP contribution is 2.17. The van der Waals surface area contributed by atoms with E-state index in [0.29, 0.717) is 25.7 Å². The summed E-state index contributed by atoms with van der Waals surface area (Å²) in [7, 11) is 0. The molecule has 0 aromatic heterocycles. The van der Waals surface area contributed by atoms with Gasteiger partial charge in [-0.25, -0.2) is 0 Å². The van der Waals surface area contributed by atoms with Gasteiger partial charge >= 0.3 is 5.97 Å². The van der Waals surface area contributed by atoms with Crippen molar-refractivity contribution in [1.82, 2.24) is 5.32 Å². The first-order valence-electron chi connectivity index (χ1n) is 26.5. The predicted octanol–water partition coefficient (Wildman–Crippen LogP) is 16.0. The van der Waals surface area contributed by atoms with E-state index in [9.17, 15) is 19.8 Å². The third-order valence-corrected chi connectivity index (χ3v) is 11.8. The van der Waals surface area contributed by atoms with Crippen molar-refractivity contribution in [1.29, 1.82) is 0 Å². The maximum absolute atomic E-state index is 13.2. The second-order valence-electron chi connectivity index (χ2n) is 17.9. The monoisotopic (exact) mass is 868 g/mol. The number of allylic oxidation sites excluding steroid dienone is 10. The number of carbonyl (C=O) groups is 2. The zero-order valence-electron chi connectivity index (χ0n) is 41.0. The van der Waals surface area contributed by atoms with E-state index in [1.807, 2.05) is 0 Å². The number of nitrogens with one attached hydrogen (secondary N) is 1. The Labute approximate surface area is 384 Å². The Morgan fingerprint density at radius 3 is 1.31 bits per heavy atom. The van der Waals surface area contributed by atoms with E-state index < -0.39 is 18.2 Å². The lowest BCUT2D eigenvalue weighted by atomic mass is 10.0. The molecule has 0 saturated carbocycles. The molecule has 0 spiro atoms. The van der Waals surface area contributed by atoms with Crippen molar-refractivity contribution in [2.75, 3.05) is 6.61 Å². The number of esters is 1. The molecule has 3 atom stereocenters. The smallest absolute Gasteiger partial charge is 0.306 e. The van der Waals surface area contributed by atoms with Crippen molar-refractivity contribution in [3.05, 3.63) is 60.8 Å². The minimum Gasteiger partial charge on any atom is -0.462 e. The van der Waals surface area contributed by atoms with Crippen LogP contribution in [0.25, 0.3) is 0 Å². The van der Waals surface area contributed by atoms with E-state index in [-0.39, 0.29) is 24.9 Å². The first-order chi connectivity index (χ1) is 30.5. The Morgan fingerprint density at radius 1 is 0.468 bits per heavy atom. The first-order valence-corrected chi connectivity index (χ1v) is 26.5. The number of carbonyl (C=O) groups excluding carboxylic acids is 2. The number of hydrogen-bond acceptors (Lipinski definition) is 5. The van der Waals surface area contributed by atoms with E-state index >= 15 is 0 Å². The van der Waals surface area contributed by atoms with Crippen LogP contribution in [0.15, 0.2) is 60.8 Å². The summed E-state index contributed by atoms with van der Waals surface area (Å²) in [5.41, 5.74) is 0. The third kappa shape index (κ3) is 44.2. The maximum atomic E-state index is 13.2. The average molecular weight is 868 g/mol. The summed E-state index contributed by atoms with van der Waals surface area (Å²) >= 11 is 0. The van der Waals surface area contributed by atoms with Crippen molar-refractivity contribution in [2.45, 2.75) is 277 Å². The molecule has 0 fully saturated rings. The highest BCUT2D eigenvalue weighted by molar-refractivity contribution is 5.77. The predicted molar refractivity (Wildman–Crippen MR) is 268 cm³/mol. The summed E-state index contributed by atoms with van der Waals surface area (Å²) < 4.78 is 5.91. The molecule has 0 heterocycles. The van der Waals surface area contributed by atoms with Gasteiger partial charge in [-0.15, -0.1) is 0 Å². The summed E-state index contributed by atoms with van der Waals surface area (Å²) in [6, 6.07) is -0.716. The minimum atomic E-state index is -0.800. The topological polar surface area (TPSA) is 95.9 Å². The molecule has 6 nitrogen and oxygen atoms in total. The number of aliphatic hydroxyl groups excluding tert-OH is 2. The third-order valence-electron chi connectivity index (χ3n) is 11.8. The van der Waals surface area contributed by atoms with E-state index in [1.165, 1.54) is 135 Å². The van der Waals surface area contributed by atoms with Gasteiger partial charge in [0.1, 0.15) is 6.10 Å². The number of aliphatic hydroxyl groups is 2. The summed E-state index contributed by atoms with van der Waals surface area (Å²) in [5, 5.41) is 23.8. The van der Waals surface area contributed by atoms with Crippen molar-refractivity contribution >= 4 is 11.9 Å². The fraction of sp³-hybridized carbons (Fsp3) is 0.786. The molecule has 0 aliphatic rings. The Kier molecular flexibility index (Phi) is 47.6. The molecule has 3 unspecified atom stereocenters. The largest absolute Gasteiger partial charge is 0.462 e. The lowest BCUT2D eigenvalue weighted by molar-refractivity contribution is -0.151. The van der Waals surface area contributed by atoms with Crippen molar-refractivity contribution < 1.29 is 24.5 Å². The van der Waals surface area contributed by atoms with Crippen LogP contribution in [0.3, 0.4) is 0 Å². The van der Waals surface area contributed by atoms with Crippen LogP contribution < -0.4 is 5.32 Å². The molecule has 0 aromatic rings. The molecule has 0 saturated heterocycles. The quantitative estimate of drug-likeness (QED) is 0.0322. The van der Waals surface area contributed by atoms with Gasteiger partial charge in [0.2, 0.25) is 5.91 Å². The molecule has 0 rings (SSSR count). The van der Waals surface area contributed by atoms with Gasteiger partial charge in [0.25, 0.3) is 0 Å². The van der Waals surface area contributed by atoms with Crippen LogP contribution >= 0.6 is 0 Å². The van der Waals surface area contributed by atoms with E-state index in [2.05, 4.69) is 86.8 Å². The lowest BCUT2D eigenvalue weighted by Gasteiger charge is -2.24. The van der Waals surface area contributed by atoms with Crippen LogP contribution in [0.1, 0.15) is 258 Å². The fourth-order valence-corrected chi connectivity index (χ4v) is 7.77. The van der Waals surface area contributed by atoms with Crippen molar-refractivity contribution in [3.63, 3.8) is 0 Å². The molecule has 3 N–H and O–H groups in total. The molecule has 62 heavy (non-hydrogen) atoms. The molecule has 0 bridgehead atoms. The lowest BCUT2D eigenvalue weighted by Crippen LogP contribution is -2.46. The van der Waals surface area contributed by atoms with E-state index in [0.717, 1.165) is 70.6 Å². The Balaban J connectivity index is 4.66. The SMILES string of the molecule is CCCCC/C=C\C/C=C\C/C=C\C/C=C\CCCC(=O)OC(CCCCCCC/C=C\CCCCCC)CC(=O)NC(CO)C(O)CCCCCCCCCCCCCCC. The summed E-state index contributed by atoms with van der Waals surface area (Å²) in [4.78, 5) is 26.1. The van der Waals surface area contributed by atoms with Gasteiger partial charge in [-0.1, -0.05) is 216 Å². The molecule has 0 aliphatic carbocycles.